The van der Waals surface area contributed by atoms with Crippen LogP contribution in [0.25, 0.3) is 0 Å². The molecule has 0 spiro atoms. The van der Waals surface area contributed by atoms with Crippen LogP contribution in [0.2, 0.25) is 0 Å². The van der Waals surface area contributed by atoms with Gasteiger partial charge in [0.25, 0.3) is 5.96 Å². The van der Waals surface area contributed by atoms with E-state index in [0.717, 1.165) is 12.8 Å². The van der Waals surface area contributed by atoms with Crippen LogP contribution in [0, 0.1) is 39.2 Å². The fraction of sp³-hybridized carbons (Fsp3) is 0.846. The second kappa shape index (κ2) is 12.5. The average Bonchev–Trinajstić information content (AvgIpc) is 3.51. The Bertz CT molecular complexity index is 1110. The van der Waals surface area contributed by atoms with Crippen molar-refractivity contribution in [3.63, 3.8) is 0 Å². The van der Waals surface area contributed by atoms with Crippen molar-refractivity contribution in [2.24, 2.45) is 55.3 Å². The third kappa shape index (κ3) is 7.11. The minimum absolute atomic E-state index is 0.00711. The molecule has 15 heteroatoms. The maximum atomic E-state index is 13.7. The SMILES string of the molecule is CC(C)C[C@H](NC(=O)[C@H](CCCN=C(N)N[N+](=O)[O-])CC(=O)CC1=NN=NC1)B1O[C@@H]2C[C@H]3C[C@H](C3(C)C)[C@]2(C)O1. The van der Waals surface area contributed by atoms with Gasteiger partial charge in [-0.1, -0.05) is 33.1 Å². The number of rotatable bonds is 14. The lowest BCUT2D eigenvalue weighted by molar-refractivity contribution is -0.525. The molecular formula is C26H43BN8O6. The van der Waals surface area contributed by atoms with Gasteiger partial charge in [0.2, 0.25) is 5.91 Å². The predicted molar refractivity (Wildman–Crippen MR) is 152 cm³/mol. The minimum Gasteiger partial charge on any atom is -0.404 e. The van der Waals surface area contributed by atoms with Crippen LogP contribution in [0.3, 0.4) is 0 Å². The molecule has 0 aromatic rings. The van der Waals surface area contributed by atoms with E-state index >= 15 is 0 Å². The second-order valence-corrected chi connectivity index (χ2v) is 13.0. The maximum Gasteiger partial charge on any atom is 0.481 e. The molecule has 41 heavy (non-hydrogen) atoms. The summed E-state index contributed by atoms with van der Waals surface area (Å²) in [5.41, 5.74) is 7.67. The summed E-state index contributed by atoms with van der Waals surface area (Å²) in [5, 5.41) is 24.1. The van der Waals surface area contributed by atoms with E-state index in [1.165, 1.54) is 0 Å². The summed E-state index contributed by atoms with van der Waals surface area (Å²) in [5.74, 6) is -0.443. The van der Waals surface area contributed by atoms with Gasteiger partial charge < -0.3 is 20.4 Å². The predicted octanol–water partition coefficient (Wildman–Crippen LogP) is 2.45. The van der Waals surface area contributed by atoms with E-state index < -0.39 is 23.7 Å². The van der Waals surface area contributed by atoms with Crippen LogP contribution >= 0.6 is 0 Å². The van der Waals surface area contributed by atoms with E-state index in [9.17, 15) is 19.7 Å². The van der Waals surface area contributed by atoms with Crippen LogP contribution in [0.1, 0.15) is 79.6 Å². The Morgan fingerprint density at radius 3 is 2.68 bits per heavy atom. The van der Waals surface area contributed by atoms with Gasteiger partial charge in [0.05, 0.1) is 23.4 Å². The van der Waals surface area contributed by atoms with Gasteiger partial charge in [-0.05, 0) is 67.4 Å². The number of Topliss-reactive ketones (excluding diaryl/α,β-unsaturated/α-hetero) is 1. The standard InChI is InChI=1S/C26H43BN8O6/c1-15(2)9-22(27-40-21-12-17-11-20(25(17,3)4)26(21,5)41-27)31-23(37)16(7-6-8-29-24(28)33-35(38)39)10-19(36)13-18-14-30-34-32-18/h15-17,20-22H,6-14H2,1-5H3,(H,31,37)(H3,28,29,33)/t16-,17-,20-,21-,22+,26+/m1/s1. The smallest absolute Gasteiger partial charge is 0.404 e. The number of ketones is 1. The Hall–Kier alpha value is -2.94. The number of nitrogens with one attached hydrogen (secondary N) is 2. The Labute approximate surface area is 241 Å². The van der Waals surface area contributed by atoms with Gasteiger partial charge in [0.1, 0.15) is 12.3 Å². The van der Waals surface area contributed by atoms with Gasteiger partial charge in [0.15, 0.2) is 5.03 Å². The number of hydrogen-bond acceptors (Lipinski definition) is 10. The first-order valence-electron chi connectivity index (χ1n) is 14.6. The van der Waals surface area contributed by atoms with Crippen molar-refractivity contribution < 1.29 is 23.9 Å². The van der Waals surface area contributed by atoms with Crippen molar-refractivity contribution in [2.75, 3.05) is 13.1 Å². The van der Waals surface area contributed by atoms with Crippen molar-refractivity contribution in [2.45, 2.75) is 97.2 Å². The van der Waals surface area contributed by atoms with E-state index in [2.05, 4.69) is 60.4 Å². The first-order chi connectivity index (χ1) is 19.3. The maximum absolute atomic E-state index is 13.7. The third-order valence-corrected chi connectivity index (χ3v) is 9.30. The lowest BCUT2D eigenvalue weighted by Crippen LogP contribution is -2.65. The minimum atomic E-state index is -0.791. The Kier molecular flexibility index (Phi) is 9.47. The summed E-state index contributed by atoms with van der Waals surface area (Å²) in [6.07, 6.45) is 3.57. The normalized spacial score (nSPS) is 29.4. The molecule has 2 heterocycles. The van der Waals surface area contributed by atoms with Crippen LogP contribution in [-0.2, 0) is 18.9 Å². The summed E-state index contributed by atoms with van der Waals surface area (Å²) in [4.78, 5) is 41.1. The zero-order valence-corrected chi connectivity index (χ0v) is 24.7. The lowest BCUT2D eigenvalue weighted by Gasteiger charge is -2.64. The molecule has 14 nitrogen and oxygen atoms in total. The van der Waals surface area contributed by atoms with Crippen LogP contribution in [0.4, 0.5) is 0 Å². The van der Waals surface area contributed by atoms with Crippen LogP contribution in [0.5, 0.6) is 0 Å². The lowest BCUT2D eigenvalue weighted by atomic mass is 9.43. The highest BCUT2D eigenvalue weighted by molar-refractivity contribution is 6.47. The van der Waals surface area contributed by atoms with E-state index in [1.807, 2.05) is 0 Å². The van der Waals surface area contributed by atoms with Crippen LogP contribution < -0.4 is 16.5 Å². The molecule has 5 aliphatic rings. The number of guanidine groups is 1. The highest BCUT2D eigenvalue weighted by atomic mass is 16.7. The molecule has 0 aromatic carbocycles. The van der Waals surface area contributed by atoms with Crippen molar-refractivity contribution in [1.29, 1.82) is 0 Å². The largest absolute Gasteiger partial charge is 0.481 e. The molecule has 0 radical (unpaired) electrons. The molecule has 226 valence electrons. The number of aliphatic imine (C=N–C) groups is 1. The molecule has 1 saturated heterocycles. The highest BCUT2D eigenvalue weighted by Crippen LogP contribution is 2.65. The number of nitrogens with two attached hydrogens (primary N) is 1. The first kappa shape index (κ1) is 31.0. The molecule has 5 rings (SSSR count). The molecule has 3 saturated carbocycles. The van der Waals surface area contributed by atoms with E-state index in [-0.39, 0.29) is 67.0 Å². The summed E-state index contributed by atoms with van der Waals surface area (Å²) in [7, 11) is -0.573. The van der Waals surface area contributed by atoms with E-state index in [1.54, 1.807) is 5.43 Å². The van der Waals surface area contributed by atoms with E-state index in [0.29, 0.717) is 36.8 Å². The molecule has 4 fully saturated rings. The number of amides is 1. The second-order valence-electron chi connectivity index (χ2n) is 13.0. The monoisotopic (exact) mass is 574 g/mol. The summed E-state index contributed by atoms with van der Waals surface area (Å²) >= 11 is 0. The quantitative estimate of drug-likeness (QED) is 0.0702. The topological polar surface area (TPSA) is 195 Å². The van der Waals surface area contributed by atoms with Crippen molar-refractivity contribution in [3.8, 4) is 0 Å². The van der Waals surface area contributed by atoms with Crippen LogP contribution in [0.15, 0.2) is 20.4 Å². The molecule has 2 bridgehead atoms. The third-order valence-electron chi connectivity index (χ3n) is 9.30. The number of nitro groups is 1. The van der Waals surface area contributed by atoms with Crippen molar-refractivity contribution >= 4 is 30.5 Å². The molecular weight excluding hydrogens is 531 g/mol. The number of carbonyl (C=O) groups excluding carboxylic acids is 2. The molecule has 1 amide bonds. The molecule has 6 atom stereocenters. The fourth-order valence-corrected chi connectivity index (χ4v) is 7.02. The average molecular weight is 574 g/mol. The molecule has 2 aliphatic heterocycles. The van der Waals surface area contributed by atoms with Gasteiger partial charge in [0, 0.05) is 25.3 Å². The van der Waals surface area contributed by atoms with Crippen molar-refractivity contribution in [3.05, 3.63) is 10.1 Å². The molecule has 0 aromatic heterocycles. The Balaban J connectivity index is 1.43. The Morgan fingerprint density at radius 1 is 1.29 bits per heavy atom. The first-order valence-corrected chi connectivity index (χ1v) is 14.6. The van der Waals surface area contributed by atoms with Crippen molar-refractivity contribution in [1.82, 2.24) is 10.7 Å². The van der Waals surface area contributed by atoms with Gasteiger partial charge in [-0.25, -0.2) is 15.1 Å². The fourth-order valence-electron chi connectivity index (χ4n) is 7.02. The highest BCUT2D eigenvalue weighted by Gasteiger charge is 2.68. The number of hydrazine groups is 1. The number of nitrogens with zero attached hydrogens (tertiary/aromatic N) is 5. The number of carbonyl (C=O) groups is 2. The summed E-state index contributed by atoms with van der Waals surface area (Å²) in [6.45, 7) is 11.4. The van der Waals surface area contributed by atoms with Crippen LogP contribution in [-0.4, -0.2) is 66.2 Å². The summed E-state index contributed by atoms with van der Waals surface area (Å²) in [6, 6.07) is 0. The Morgan fingerprint density at radius 2 is 2.05 bits per heavy atom. The zero-order chi connectivity index (χ0) is 29.9. The van der Waals surface area contributed by atoms with E-state index in [4.69, 9.17) is 15.0 Å². The molecule has 4 N–H and O–H groups in total. The van der Waals surface area contributed by atoms with Gasteiger partial charge in [-0.3, -0.25) is 9.59 Å². The molecule has 0 unspecified atom stereocenters. The molecule has 3 aliphatic carbocycles. The zero-order valence-electron chi connectivity index (χ0n) is 24.7. The summed E-state index contributed by atoms with van der Waals surface area (Å²) < 4.78 is 13.2. The van der Waals surface area contributed by atoms with Gasteiger partial charge >= 0.3 is 7.12 Å². The van der Waals surface area contributed by atoms with Gasteiger partial charge in [-0.2, -0.15) is 5.11 Å². The number of hydrogen-bond donors (Lipinski definition) is 3. The van der Waals surface area contributed by atoms with Gasteiger partial charge in [-0.15, -0.1) is 5.10 Å².